The summed E-state index contributed by atoms with van der Waals surface area (Å²) in [6, 6.07) is 5.57. The number of nitrogen functional groups attached to an aromatic ring is 1. The molecule has 0 aliphatic carbocycles. The maximum absolute atomic E-state index is 11.7. The lowest BCUT2D eigenvalue weighted by atomic mass is 10.1. The van der Waals surface area contributed by atoms with Gasteiger partial charge in [0.05, 0.1) is 12.3 Å². The molecule has 0 aliphatic rings. The molecule has 4 heteroatoms. The average Bonchev–Trinajstić information content (AvgIpc) is 2.47. The number of hydrogen-bond acceptors (Lipinski definition) is 3. The zero-order valence-electron chi connectivity index (χ0n) is 13.9. The van der Waals surface area contributed by atoms with Crippen LogP contribution in [0.3, 0.4) is 0 Å². The summed E-state index contributed by atoms with van der Waals surface area (Å²) in [6.45, 7) is 7.76. The van der Waals surface area contributed by atoms with Crippen LogP contribution in [-0.2, 0) is 4.79 Å². The fourth-order valence-corrected chi connectivity index (χ4v) is 1.84. The lowest BCUT2D eigenvalue weighted by molar-refractivity contribution is -0.116. The highest BCUT2D eigenvalue weighted by Crippen LogP contribution is 2.23. The van der Waals surface area contributed by atoms with Gasteiger partial charge in [0.1, 0.15) is 5.75 Å². The Morgan fingerprint density at radius 3 is 2.82 bits per heavy atom. The summed E-state index contributed by atoms with van der Waals surface area (Å²) in [5.41, 5.74) is 7.45. The molecule has 0 atom stereocenters. The fourth-order valence-electron chi connectivity index (χ4n) is 1.84. The van der Waals surface area contributed by atoms with Gasteiger partial charge >= 0.3 is 0 Å². The van der Waals surface area contributed by atoms with E-state index in [4.69, 9.17) is 10.5 Å². The molecule has 1 rings (SSSR count). The Morgan fingerprint density at radius 1 is 1.41 bits per heavy atom. The second-order valence-electron chi connectivity index (χ2n) is 5.81. The van der Waals surface area contributed by atoms with Gasteiger partial charge in [-0.25, -0.2) is 0 Å². The normalized spacial score (nSPS) is 11.1. The van der Waals surface area contributed by atoms with Gasteiger partial charge in [0.25, 0.3) is 0 Å². The Balaban J connectivity index is 2.50. The SMILES string of the molecule is CCCCOc1ccc(/C=C\C(=O)NCCC(C)C)cc1N. The summed E-state index contributed by atoms with van der Waals surface area (Å²) in [6.07, 6.45) is 6.38. The van der Waals surface area contributed by atoms with E-state index in [1.165, 1.54) is 6.08 Å². The molecular weight excluding hydrogens is 276 g/mol. The van der Waals surface area contributed by atoms with Gasteiger partial charge in [-0.2, -0.15) is 0 Å². The summed E-state index contributed by atoms with van der Waals surface area (Å²) in [4.78, 5) is 11.7. The van der Waals surface area contributed by atoms with Crippen LogP contribution >= 0.6 is 0 Å². The number of amides is 1. The first-order valence-electron chi connectivity index (χ1n) is 8.01. The van der Waals surface area contributed by atoms with Crippen molar-refractivity contribution in [1.29, 1.82) is 0 Å². The number of carbonyl (C=O) groups excluding carboxylic acids is 1. The van der Waals surface area contributed by atoms with Crippen molar-refractivity contribution in [2.45, 2.75) is 40.0 Å². The van der Waals surface area contributed by atoms with Gasteiger partial charge in [0, 0.05) is 12.6 Å². The predicted molar refractivity (Wildman–Crippen MR) is 92.8 cm³/mol. The molecule has 1 aromatic rings. The Morgan fingerprint density at radius 2 is 2.18 bits per heavy atom. The zero-order valence-corrected chi connectivity index (χ0v) is 13.9. The zero-order chi connectivity index (χ0) is 16.4. The van der Waals surface area contributed by atoms with E-state index in [1.54, 1.807) is 6.08 Å². The second kappa shape index (κ2) is 9.87. The third-order valence-electron chi connectivity index (χ3n) is 3.24. The van der Waals surface area contributed by atoms with E-state index in [1.807, 2.05) is 18.2 Å². The van der Waals surface area contributed by atoms with E-state index >= 15 is 0 Å². The molecule has 1 amide bonds. The molecule has 0 saturated heterocycles. The molecule has 0 aromatic heterocycles. The van der Waals surface area contributed by atoms with Crippen LogP contribution in [0.5, 0.6) is 5.75 Å². The number of benzene rings is 1. The lowest BCUT2D eigenvalue weighted by Crippen LogP contribution is -2.23. The van der Waals surface area contributed by atoms with Gasteiger partial charge in [0.15, 0.2) is 0 Å². The van der Waals surface area contributed by atoms with Crippen molar-refractivity contribution >= 4 is 17.7 Å². The van der Waals surface area contributed by atoms with Crippen LogP contribution in [-0.4, -0.2) is 19.1 Å². The number of carbonyl (C=O) groups is 1. The highest BCUT2D eigenvalue weighted by molar-refractivity contribution is 5.91. The number of nitrogens with two attached hydrogens (primary N) is 1. The van der Waals surface area contributed by atoms with Gasteiger partial charge in [0.2, 0.25) is 5.91 Å². The molecule has 122 valence electrons. The minimum atomic E-state index is -0.0810. The van der Waals surface area contributed by atoms with E-state index in [9.17, 15) is 4.79 Å². The molecule has 0 unspecified atom stereocenters. The molecule has 0 radical (unpaired) electrons. The van der Waals surface area contributed by atoms with Gasteiger partial charge in [-0.1, -0.05) is 33.3 Å². The summed E-state index contributed by atoms with van der Waals surface area (Å²) >= 11 is 0. The maximum Gasteiger partial charge on any atom is 0.243 e. The Bertz CT molecular complexity index is 496. The molecule has 0 spiro atoms. The van der Waals surface area contributed by atoms with Crippen molar-refractivity contribution in [3.63, 3.8) is 0 Å². The van der Waals surface area contributed by atoms with Crippen molar-refractivity contribution in [2.24, 2.45) is 5.92 Å². The molecule has 22 heavy (non-hydrogen) atoms. The lowest BCUT2D eigenvalue weighted by Gasteiger charge is -2.09. The van der Waals surface area contributed by atoms with Crippen LogP contribution in [0, 0.1) is 5.92 Å². The van der Waals surface area contributed by atoms with Crippen molar-refractivity contribution < 1.29 is 9.53 Å². The quantitative estimate of drug-likeness (QED) is 0.416. The van der Waals surface area contributed by atoms with Gasteiger partial charge in [-0.05, 0) is 42.5 Å². The van der Waals surface area contributed by atoms with Crippen molar-refractivity contribution in [3.05, 3.63) is 29.8 Å². The van der Waals surface area contributed by atoms with E-state index in [0.717, 1.165) is 24.8 Å². The van der Waals surface area contributed by atoms with Gasteiger partial charge in [-0.15, -0.1) is 0 Å². The third-order valence-corrected chi connectivity index (χ3v) is 3.24. The van der Waals surface area contributed by atoms with Crippen LogP contribution in [0.2, 0.25) is 0 Å². The largest absolute Gasteiger partial charge is 0.491 e. The van der Waals surface area contributed by atoms with E-state index in [2.05, 4.69) is 26.1 Å². The molecule has 0 heterocycles. The van der Waals surface area contributed by atoms with Crippen molar-refractivity contribution in [3.8, 4) is 5.75 Å². The standard InChI is InChI=1S/C18H28N2O2/c1-4-5-12-22-17-8-6-15(13-16(17)19)7-9-18(21)20-11-10-14(2)3/h6-9,13-14H,4-5,10-12,19H2,1-3H3,(H,20,21)/b9-7-. The van der Waals surface area contributed by atoms with Crippen LogP contribution in [0.1, 0.15) is 45.6 Å². The summed E-state index contributed by atoms with van der Waals surface area (Å²) < 4.78 is 5.60. The smallest absolute Gasteiger partial charge is 0.243 e. The molecule has 0 saturated carbocycles. The highest BCUT2D eigenvalue weighted by Gasteiger charge is 2.01. The summed E-state index contributed by atoms with van der Waals surface area (Å²) in [7, 11) is 0. The maximum atomic E-state index is 11.7. The van der Waals surface area contributed by atoms with Crippen molar-refractivity contribution in [1.82, 2.24) is 5.32 Å². The van der Waals surface area contributed by atoms with Crippen LogP contribution in [0.15, 0.2) is 24.3 Å². The first kappa shape index (κ1) is 18.1. The molecule has 0 aliphatic heterocycles. The number of rotatable bonds is 9. The third kappa shape index (κ3) is 7.16. The number of hydrogen-bond donors (Lipinski definition) is 2. The number of nitrogens with one attached hydrogen (secondary N) is 1. The molecule has 1 aromatic carbocycles. The number of anilines is 1. The average molecular weight is 304 g/mol. The van der Waals surface area contributed by atoms with Crippen LogP contribution in [0.4, 0.5) is 5.69 Å². The monoisotopic (exact) mass is 304 g/mol. The van der Waals surface area contributed by atoms with E-state index < -0.39 is 0 Å². The first-order chi connectivity index (χ1) is 10.5. The fraction of sp³-hybridized carbons (Fsp3) is 0.500. The Hall–Kier alpha value is -1.97. The summed E-state index contributed by atoms with van der Waals surface area (Å²) in [5.74, 6) is 1.21. The highest BCUT2D eigenvalue weighted by atomic mass is 16.5. The van der Waals surface area contributed by atoms with Gasteiger partial charge < -0.3 is 15.8 Å². The minimum absolute atomic E-state index is 0.0810. The Kier molecular flexibility index (Phi) is 8.11. The van der Waals surface area contributed by atoms with E-state index in [0.29, 0.717) is 30.5 Å². The molecule has 4 nitrogen and oxygen atoms in total. The minimum Gasteiger partial charge on any atom is -0.491 e. The Labute approximate surface area is 133 Å². The molecule has 0 bridgehead atoms. The molecule has 3 N–H and O–H groups in total. The first-order valence-corrected chi connectivity index (χ1v) is 8.01. The summed E-state index contributed by atoms with van der Waals surface area (Å²) in [5, 5.41) is 2.86. The second-order valence-corrected chi connectivity index (χ2v) is 5.81. The number of unbranched alkanes of at least 4 members (excludes halogenated alkanes) is 1. The van der Waals surface area contributed by atoms with Crippen LogP contribution in [0.25, 0.3) is 6.08 Å². The van der Waals surface area contributed by atoms with Crippen LogP contribution < -0.4 is 15.8 Å². The number of ether oxygens (including phenoxy) is 1. The topological polar surface area (TPSA) is 64.3 Å². The molecular formula is C18H28N2O2. The van der Waals surface area contributed by atoms with Crippen molar-refractivity contribution in [2.75, 3.05) is 18.9 Å². The van der Waals surface area contributed by atoms with Gasteiger partial charge in [-0.3, -0.25) is 4.79 Å². The molecule has 0 fully saturated rings. The predicted octanol–water partition coefficient (Wildman–Crippen LogP) is 3.62. The van der Waals surface area contributed by atoms with E-state index in [-0.39, 0.29) is 5.91 Å².